The molecule has 1 N–H and O–H groups in total. The van der Waals surface area contributed by atoms with Crippen molar-refractivity contribution in [3.63, 3.8) is 0 Å². The molecule has 1 heterocycles. The minimum atomic E-state index is -3.51. The number of nitrogens with zero attached hydrogens (tertiary/aromatic N) is 3. The molecule has 0 radical (unpaired) electrons. The summed E-state index contributed by atoms with van der Waals surface area (Å²) in [5.74, 6) is -0.117. The minimum Gasteiger partial charge on any atom is -0.355 e. The fourth-order valence-electron chi connectivity index (χ4n) is 2.80. The van der Waals surface area contributed by atoms with Crippen molar-refractivity contribution in [3.8, 4) is 0 Å². The summed E-state index contributed by atoms with van der Waals surface area (Å²) in [5.41, 5.74) is 0.460. The Balaban J connectivity index is 1.91. The van der Waals surface area contributed by atoms with Crippen LogP contribution in [0.25, 0.3) is 0 Å². The van der Waals surface area contributed by atoms with Crippen molar-refractivity contribution in [3.05, 3.63) is 29.8 Å². The third-order valence-corrected chi connectivity index (χ3v) is 6.31. The predicted octanol–water partition coefficient (Wildman–Crippen LogP) is 0.221. The zero-order chi connectivity index (χ0) is 20.0. The third-order valence-electron chi connectivity index (χ3n) is 4.48. The van der Waals surface area contributed by atoms with Gasteiger partial charge >= 0.3 is 0 Å². The highest BCUT2D eigenvalue weighted by Gasteiger charge is 2.24. The zero-order valence-electron chi connectivity index (χ0n) is 16.1. The lowest BCUT2D eigenvalue weighted by molar-refractivity contribution is -0.122. The molecule has 27 heavy (non-hydrogen) atoms. The average Bonchev–Trinajstić information content (AvgIpc) is 2.66. The van der Waals surface area contributed by atoms with Crippen LogP contribution in [0.1, 0.15) is 23.7 Å². The number of hydrogen-bond acceptors (Lipinski definition) is 5. The van der Waals surface area contributed by atoms with Crippen molar-refractivity contribution in [2.24, 2.45) is 0 Å². The molecule has 0 atom stereocenters. The lowest BCUT2D eigenvalue weighted by Crippen LogP contribution is -2.51. The monoisotopic (exact) mass is 396 g/mol. The molecule has 8 nitrogen and oxygen atoms in total. The predicted molar refractivity (Wildman–Crippen MR) is 103 cm³/mol. The topological polar surface area (TPSA) is 90.0 Å². The molecule has 2 rings (SSSR count). The van der Waals surface area contributed by atoms with Gasteiger partial charge in [-0.05, 0) is 30.7 Å². The van der Waals surface area contributed by atoms with Gasteiger partial charge in [0.05, 0.1) is 11.4 Å². The van der Waals surface area contributed by atoms with Gasteiger partial charge in [0.1, 0.15) is 0 Å². The van der Waals surface area contributed by atoms with Crippen LogP contribution in [0.4, 0.5) is 0 Å². The van der Waals surface area contributed by atoms with Gasteiger partial charge in [-0.3, -0.25) is 14.5 Å². The van der Waals surface area contributed by atoms with E-state index in [-0.39, 0.29) is 16.7 Å². The Bertz CT molecular complexity index is 754. The Morgan fingerprint density at radius 2 is 1.67 bits per heavy atom. The van der Waals surface area contributed by atoms with Crippen LogP contribution in [-0.2, 0) is 14.8 Å². The molecule has 1 saturated heterocycles. The molecule has 0 spiro atoms. The van der Waals surface area contributed by atoms with E-state index in [2.05, 4.69) is 5.32 Å². The van der Waals surface area contributed by atoms with Crippen molar-refractivity contribution in [2.75, 3.05) is 53.4 Å². The van der Waals surface area contributed by atoms with Gasteiger partial charge in [-0.1, -0.05) is 6.92 Å². The van der Waals surface area contributed by atoms with Crippen LogP contribution in [0.2, 0.25) is 0 Å². The van der Waals surface area contributed by atoms with E-state index in [4.69, 9.17) is 0 Å². The van der Waals surface area contributed by atoms with E-state index in [1.165, 1.54) is 26.2 Å². The van der Waals surface area contributed by atoms with Crippen LogP contribution in [0.5, 0.6) is 0 Å². The minimum absolute atomic E-state index is 0.00863. The van der Waals surface area contributed by atoms with E-state index in [1.54, 1.807) is 17.0 Å². The molecule has 1 aliphatic heterocycles. The van der Waals surface area contributed by atoms with Crippen molar-refractivity contribution in [1.29, 1.82) is 0 Å². The van der Waals surface area contributed by atoms with Crippen LogP contribution in [0.15, 0.2) is 29.2 Å². The molecule has 0 unspecified atom stereocenters. The molecule has 1 aliphatic rings. The molecule has 150 valence electrons. The Morgan fingerprint density at radius 3 is 2.19 bits per heavy atom. The van der Waals surface area contributed by atoms with Gasteiger partial charge in [0.15, 0.2) is 0 Å². The highest BCUT2D eigenvalue weighted by Crippen LogP contribution is 2.16. The second-order valence-electron chi connectivity index (χ2n) is 6.73. The average molecular weight is 397 g/mol. The van der Waals surface area contributed by atoms with Gasteiger partial charge in [-0.25, -0.2) is 12.7 Å². The number of sulfonamides is 1. The maximum Gasteiger partial charge on any atom is 0.253 e. The molecule has 0 aliphatic carbocycles. The van der Waals surface area contributed by atoms with Crippen LogP contribution in [0, 0.1) is 0 Å². The first-order valence-electron chi connectivity index (χ1n) is 9.06. The van der Waals surface area contributed by atoms with Crippen LogP contribution in [-0.4, -0.2) is 87.7 Å². The number of carbonyl (C=O) groups excluding carboxylic acids is 2. The second kappa shape index (κ2) is 9.29. The number of hydrogen-bond donors (Lipinski definition) is 1. The second-order valence-corrected chi connectivity index (χ2v) is 8.88. The molecule has 1 aromatic rings. The number of carbonyl (C=O) groups is 2. The van der Waals surface area contributed by atoms with E-state index in [1.807, 2.05) is 11.8 Å². The molecule has 2 amide bonds. The van der Waals surface area contributed by atoms with Crippen molar-refractivity contribution in [2.45, 2.75) is 18.2 Å². The molecule has 0 bridgehead atoms. The van der Waals surface area contributed by atoms with Gasteiger partial charge in [0.25, 0.3) is 5.91 Å². The summed E-state index contributed by atoms with van der Waals surface area (Å²) >= 11 is 0. The zero-order valence-corrected chi connectivity index (χ0v) is 17.0. The van der Waals surface area contributed by atoms with E-state index in [0.717, 1.165) is 10.7 Å². The number of amides is 2. The lowest BCUT2D eigenvalue weighted by Gasteiger charge is -2.34. The normalized spacial score (nSPS) is 15.8. The Labute approximate surface area is 161 Å². The van der Waals surface area contributed by atoms with Crippen LogP contribution >= 0.6 is 0 Å². The first-order chi connectivity index (χ1) is 12.8. The summed E-state index contributed by atoms with van der Waals surface area (Å²) in [6.45, 7) is 5.38. The van der Waals surface area contributed by atoms with Gasteiger partial charge in [-0.15, -0.1) is 0 Å². The van der Waals surface area contributed by atoms with E-state index in [0.29, 0.717) is 44.8 Å². The van der Waals surface area contributed by atoms with E-state index < -0.39 is 10.0 Å². The largest absolute Gasteiger partial charge is 0.355 e. The molecular weight excluding hydrogens is 368 g/mol. The summed E-state index contributed by atoms with van der Waals surface area (Å²) in [6, 6.07) is 6.00. The maximum absolute atomic E-state index is 12.6. The van der Waals surface area contributed by atoms with Crippen molar-refractivity contribution in [1.82, 2.24) is 19.4 Å². The Kier molecular flexibility index (Phi) is 7.34. The third kappa shape index (κ3) is 5.50. The fourth-order valence-corrected chi connectivity index (χ4v) is 3.70. The summed E-state index contributed by atoms with van der Waals surface area (Å²) in [7, 11) is -0.569. The van der Waals surface area contributed by atoms with Crippen LogP contribution in [0.3, 0.4) is 0 Å². The van der Waals surface area contributed by atoms with E-state index in [9.17, 15) is 18.0 Å². The smallest absolute Gasteiger partial charge is 0.253 e. The molecule has 1 fully saturated rings. The SMILES string of the molecule is CCCNC(=O)CN1CCN(C(=O)c2ccc(S(=O)(=O)N(C)C)cc2)CC1. The van der Waals surface area contributed by atoms with Gasteiger partial charge in [0, 0.05) is 52.4 Å². The van der Waals surface area contributed by atoms with Gasteiger partial charge < -0.3 is 10.2 Å². The molecule has 1 aromatic carbocycles. The first-order valence-corrected chi connectivity index (χ1v) is 10.5. The highest BCUT2D eigenvalue weighted by atomic mass is 32.2. The highest BCUT2D eigenvalue weighted by molar-refractivity contribution is 7.89. The standard InChI is InChI=1S/C18H28N4O4S/c1-4-9-19-17(23)14-21-10-12-22(13-11-21)18(24)15-5-7-16(8-6-15)27(25,26)20(2)3/h5-8H,4,9-14H2,1-3H3,(H,19,23). The van der Waals surface area contributed by atoms with Crippen molar-refractivity contribution >= 4 is 21.8 Å². The first kappa shape index (κ1) is 21.3. The number of piperazine rings is 1. The number of nitrogens with one attached hydrogen (secondary N) is 1. The van der Waals surface area contributed by atoms with E-state index >= 15 is 0 Å². The summed E-state index contributed by atoms with van der Waals surface area (Å²) in [5, 5.41) is 2.85. The van der Waals surface area contributed by atoms with Gasteiger partial charge in [-0.2, -0.15) is 0 Å². The summed E-state index contributed by atoms with van der Waals surface area (Å²) in [6.07, 6.45) is 0.905. The Hall–Kier alpha value is -1.97. The maximum atomic E-state index is 12.6. The lowest BCUT2D eigenvalue weighted by atomic mass is 10.2. The van der Waals surface area contributed by atoms with Gasteiger partial charge in [0.2, 0.25) is 15.9 Å². The molecule has 0 aromatic heterocycles. The summed E-state index contributed by atoms with van der Waals surface area (Å²) < 4.78 is 25.3. The quantitative estimate of drug-likeness (QED) is 0.712. The summed E-state index contributed by atoms with van der Waals surface area (Å²) in [4.78, 5) is 28.3. The molecule has 9 heteroatoms. The Morgan fingerprint density at radius 1 is 1.07 bits per heavy atom. The van der Waals surface area contributed by atoms with Crippen molar-refractivity contribution < 1.29 is 18.0 Å². The molecular formula is C18H28N4O4S. The molecule has 0 saturated carbocycles. The fraction of sp³-hybridized carbons (Fsp3) is 0.556. The number of rotatable bonds is 7. The van der Waals surface area contributed by atoms with Crippen LogP contribution < -0.4 is 5.32 Å². The number of benzene rings is 1.